The number of amides is 1. The fourth-order valence-corrected chi connectivity index (χ4v) is 3.80. The van der Waals surface area contributed by atoms with Crippen LogP contribution in [0.25, 0.3) is 0 Å². The van der Waals surface area contributed by atoms with Gasteiger partial charge >= 0.3 is 0 Å². The van der Waals surface area contributed by atoms with Crippen LogP contribution in [0, 0.1) is 5.82 Å². The number of nitrogens with one attached hydrogen (secondary N) is 1. The van der Waals surface area contributed by atoms with Crippen molar-refractivity contribution < 1.29 is 13.9 Å². The number of benzene rings is 2. The molecule has 9 heteroatoms. The highest BCUT2D eigenvalue weighted by atomic mass is 35.5. The molecule has 3 aromatic rings. The first-order valence-corrected chi connectivity index (χ1v) is 10.5. The van der Waals surface area contributed by atoms with Crippen molar-refractivity contribution in [1.82, 2.24) is 14.8 Å². The van der Waals surface area contributed by atoms with Crippen LogP contribution in [0.5, 0.6) is 5.75 Å². The topological polar surface area (TPSA) is 69.0 Å². The molecule has 2 aromatic carbocycles. The number of aromatic nitrogens is 3. The highest BCUT2D eigenvalue weighted by molar-refractivity contribution is 7.99. The Hall–Kier alpha value is -2.58. The van der Waals surface area contributed by atoms with E-state index in [1.54, 1.807) is 24.3 Å². The van der Waals surface area contributed by atoms with Crippen molar-refractivity contribution in [2.24, 2.45) is 0 Å². The van der Waals surface area contributed by atoms with Gasteiger partial charge in [0.2, 0.25) is 5.91 Å². The van der Waals surface area contributed by atoms with Gasteiger partial charge in [-0.2, -0.15) is 0 Å². The van der Waals surface area contributed by atoms with E-state index in [9.17, 15) is 9.18 Å². The lowest BCUT2D eigenvalue weighted by atomic mass is 10.3. The second kappa shape index (κ2) is 8.84. The highest BCUT2D eigenvalue weighted by Crippen LogP contribution is 2.39. The third-order valence-electron chi connectivity index (χ3n) is 4.32. The molecule has 1 amide bonds. The Morgan fingerprint density at radius 2 is 1.97 bits per heavy atom. The van der Waals surface area contributed by atoms with Gasteiger partial charge in [0.05, 0.1) is 16.5 Å². The smallest absolute Gasteiger partial charge is 0.234 e. The van der Waals surface area contributed by atoms with Gasteiger partial charge in [0.1, 0.15) is 18.2 Å². The number of carbonyl (C=O) groups excluding carboxylic acids is 1. The molecular formula is C20H18ClFN4O2S. The second-order valence-corrected chi connectivity index (χ2v) is 7.89. The average Bonchev–Trinajstić information content (AvgIpc) is 3.47. The van der Waals surface area contributed by atoms with Gasteiger partial charge in [0.25, 0.3) is 0 Å². The monoisotopic (exact) mass is 432 g/mol. The van der Waals surface area contributed by atoms with Gasteiger partial charge in [0.15, 0.2) is 11.0 Å². The number of hydrogen-bond acceptors (Lipinski definition) is 5. The third kappa shape index (κ3) is 4.89. The molecular weight excluding hydrogens is 415 g/mol. The van der Waals surface area contributed by atoms with Gasteiger partial charge in [-0.1, -0.05) is 47.6 Å². The van der Waals surface area contributed by atoms with E-state index in [1.165, 1.54) is 23.9 Å². The molecule has 1 aliphatic carbocycles. The number of carbonyl (C=O) groups is 1. The van der Waals surface area contributed by atoms with Crippen LogP contribution in [0.1, 0.15) is 24.7 Å². The summed E-state index contributed by atoms with van der Waals surface area (Å²) in [6.07, 6.45) is 2.07. The van der Waals surface area contributed by atoms with Crippen molar-refractivity contribution >= 4 is 35.0 Å². The molecule has 6 nitrogen and oxygen atoms in total. The Morgan fingerprint density at radius 1 is 1.21 bits per heavy atom. The summed E-state index contributed by atoms with van der Waals surface area (Å²) in [6, 6.07) is 13.6. The predicted molar refractivity (Wildman–Crippen MR) is 110 cm³/mol. The summed E-state index contributed by atoms with van der Waals surface area (Å²) >= 11 is 7.40. The van der Waals surface area contributed by atoms with E-state index in [2.05, 4.69) is 15.5 Å². The second-order valence-electron chi connectivity index (χ2n) is 6.54. The number of nitrogens with zero attached hydrogens (tertiary/aromatic N) is 3. The van der Waals surface area contributed by atoms with Crippen LogP contribution < -0.4 is 10.1 Å². The number of anilines is 1. The fourth-order valence-electron chi connectivity index (χ4n) is 2.79. The quantitative estimate of drug-likeness (QED) is 0.522. The Kier molecular flexibility index (Phi) is 6.01. The molecule has 0 radical (unpaired) electrons. The van der Waals surface area contributed by atoms with Gasteiger partial charge in [-0.25, -0.2) is 4.39 Å². The van der Waals surface area contributed by atoms with Crippen LogP contribution in [-0.4, -0.2) is 26.4 Å². The first-order chi connectivity index (χ1) is 14.1. The van der Waals surface area contributed by atoms with Crippen molar-refractivity contribution in [3.63, 3.8) is 0 Å². The Bertz CT molecular complexity index is 1030. The normalized spacial score (nSPS) is 13.3. The number of halogens is 2. The van der Waals surface area contributed by atoms with Crippen molar-refractivity contribution in [1.29, 1.82) is 0 Å². The van der Waals surface area contributed by atoms with Gasteiger partial charge in [-0.15, -0.1) is 10.2 Å². The molecule has 4 rings (SSSR count). The SMILES string of the molecule is O=C(CSc1nnc(COc2ccccc2Cl)n1C1CC1)Nc1ccccc1F. The van der Waals surface area contributed by atoms with Crippen LogP contribution in [0.4, 0.5) is 10.1 Å². The number of rotatable bonds is 8. The van der Waals surface area contributed by atoms with Crippen LogP contribution >= 0.6 is 23.4 Å². The molecule has 0 aliphatic heterocycles. The van der Waals surface area contributed by atoms with Crippen molar-refractivity contribution in [3.05, 3.63) is 65.2 Å². The Morgan fingerprint density at radius 3 is 2.72 bits per heavy atom. The van der Waals surface area contributed by atoms with Crippen LogP contribution in [0.15, 0.2) is 53.7 Å². The largest absolute Gasteiger partial charge is 0.484 e. The van der Waals surface area contributed by atoms with Crippen LogP contribution in [-0.2, 0) is 11.4 Å². The summed E-state index contributed by atoms with van der Waals surface area (Å²) in [7, 11) is 0. The van der Waals surface area contributed by atoms with E-state index < -0.39 is 5.82 Å². The molecule has 1 aliphatic rings. The molecule has 0 atom stereocenters. The zero-order chi connectivity index (χ0) is 20.2. The minimum atomic E-state index is -0.467. The summed E-state index contributed by atoms with van der Waals surface area (Å²) < 4.78 is 21.5. The molecule has 150 valence electrons. The summed E-state index contributed by atoms with van der Waals surface area (Å²) in [5, 5.41) is 12.2. The van der Waals surface area contributed by atoms with Crippen molar-refractivity contribution in [2.45, 2.75) is 30.6 Å². The lowest BCUT2D eigenvalue weighted by Crippen LogP contribution is -2.15. The maximum atomic E-state index is 13.7. The van der Waals surface area contributed by atoms with Gasteiger partial charge in [-0.3, -0.25) is 9.36 Å². The number of hydrogen-bond donors (Lipinski definition) is 1. The Balaban J connectivity index is 1.40. The summed E-state index contributed by atoms with van der Waals surface area (Å²) in [5.41, 5.74) is 0.163. The lowest BCUT2D eigenvalue weighted by Gasteiger charge is -2.11. The summed E-state index contributed by atoms with van der Waals surface area (Å²) in [5.74, 6) is 0.595. The van der Waals surface area contributed by atoms with E-state index in [0.717, 1.165) is 12.8 Å². The molecule has 1 fully saturated rings. The minimum absolute atomic E-state index is 0.102. The van der Waals surface area contributed by atoms with Gasteiger partial charge in [0, 0.05) is 6.04 Å². The number of para-hydroxylation sites is 2. The molecule has 1 aromatic heterocycles. The van der Waals surface area contributed by atoms with E-state index in [1.807, 2.05) is 16.7 Å². The molecule has 1 heterocycles. The van der Waals surface area contributed by atoms with E-state index >= 15 is 0 Å². The number of thioether (sulfide) groups is 1. The average molecular weight is 433 g/mol. The minimum Gasteiger partial charge on any atom is -0.484 e. The van der Waals surface area contributed by atoms with E-state index in [-0.39, 0.29) is 24.0 Å². The zero-order valence-corrected chi connectivity index (χ0v) is 16.9. The molecule has 0 spiro atoms. The molecule has 29 heavy (non-hydrogen) atoms. The zero-order valence-electron chi connectivity index (χ0n) is 15.3. The highest BCUT2D eigenvalue weighted by Gasteiger charge is 2.30. The van der Waals surface area contributed by atoms with Crippen molar-refractivity contribution in [3.8, 4) is 5.75 Å². The lowest BCUT2D eigenvalue weighted by molar-refractivity contribution is -0.113. The maximum Gasteiger partial charge on any atom is 0.234 e. The van der Waals surface area contributed by atoms with Crippen LogP contribution in [0.3, 0.4) is 0 Å². The van der Waals surface area contributed by atoms with Gasteiger partial charge in [-0.05, 0) is 37.1 Å². The summed E-state index contributed by atoms with van der Waals surface area (Å²) in [6.45, 7) is 0.231. The molecule has 0 bridgehead atoms. The molecule has 1 N–H and O–H groups in total. The third-order valence-corrected chi connectivity index (χ3v) is 5.58. The first kappa shape index (κ1) is 19.7. The Labute approximate surface area is 176 Å². The molecule has 1 saturated carbocycles. The maximum absolute atomic E-state index is 13.7. The number of ether oxygens (including phenoxy) is 1. The summed E-state index contributed by atoms with van der Waals surface area (Å²) in [4.78, 5) is 12.2. The predicted octanol–water partition coefficient (Wildman–Crippen LogP) is 4.72. The molecule has 0 saturated heterocycles. The fraction of sp³-hybridized carbons (Fsp3) is 0.250. The van der Waals surface area contributed by atoms with E-state index in [4.69, 9.17) is 16.3 Å². The van der Waals surface area contributed by atoms with E-state index in [0.29, 0.717) is 27.8 Å². The molecule has 0 unspecified atom stereocenters. The van der Waals surface area contributed by atoms with Crippen LogP contribution in [0.2, 0.25) is 5.02 Å². The van der Waals surface area contributed by atoms with Crippen molar-refractivity contribution in [2.75, 3.05) is 11.1 Å². The first-order valence-electron chi connectivity index (χ1n) is 9.10. The standard InChI is InChI=1S/C20H18ClFN4O2S/c21-14-5-1-4-8-17(14)28-11-18-24-25-20(26(18)13-9-10-13)29-12-19(27)23-16-7-3-2-6-15(16)22/h1-8,13H,9-12H2,(H,23,27). The van der Waals surface area contributed by atoms with Gasteiger partial charge < -0.3 is 10.1 Å².